The van der Waals surface area contributed by atoms with E-state index in [0.717, 1.165) is 96.3 Å². The molecular formula is C71H125NO13. The number of hydrogen-bond donors (Lipinski definition) is 9. The molecule has 0 aliphatic carbocycles. The number of allylic oxidation sites excluding steroid dienone is 14. The van der Waals surface area contributed by atoms with Crippen molar-refractivity contribution in [2.75, 3.05) is 19.8 Å². The maximum atomic E-state index is 13.3. The minimum Gasteiger partial charge on any atom is -0.394 e. The summed E-state index contributed by atoms with van der Waals surface area (Å²) in [4.78, 5) is 13.3. The third-order valence-corrected chi connectivity index (χ3v) is 16.4. The Balaban J connectivity index is 1.53. The molecule has 0 saturated carbocycles. The first kappa shape index (κ1) is 78.3. The fourth-order valence-corrected chi connectivity index (χ4v) is 10.9. The summed E-state index contributed by atoms with van der Waals surface area (Å²) in [5.74, 6) is -0.208. The van der Waals surface area contributed by atoms with Crippen molar-refractivity contribution in [1.29, 1.82) is 0 Å². The van der Waals surface area contributed by atoms with Gasteiger partial charge in [-0.1, -0.05) is 272 Å². The number of carbonyl (C=O) groups excluding carboxylic acids is 1. The standard InChI is InChI=1S/C71H125NO13/c1-3-5-7-9-11-13-15-16-17-18-19-20-21-22-23-24-25-26-27-28-29-30-31-32-33-34-35-36-37-38-39-40-41-42-43-44-45-47-49-51-53-55-63(76)72-59(60(75)54-52-50-48-46-14-12-10-8-6-4-2)58-82-70-68(81)66(79)69(62(57-74)84-70)85-71-67(80)65(78)64(77)61(56-73)83-71/h5,7,11,13,16-17,19-20,22-23,25-26,28-29,59-62,64-71,73-75,77-81H,3-4,6,8-10,12,14-15,18,21,24,27,30-58H2,1-2H3,(H,72,76)/b7-5-,13-11-,17-16-,20-19-,23-22-,26-25-,29-28-. The van der Waals surface area contributed by atoms with Crippen molar-refractivity contribution in [2.24, 2.45) is 0 Å². The van der Waals surface area contributed by atoms with Crippen molar-refractivity contribution in [3.63, 3.8) is 0 Å². The minimum atomic E-state index is -1.78. The van der Waals surface area contributed by atoms with Crippen LogP contribution in [-0.4, -0.2) is 140 Å². The van der Waals surface area contributed by atoms with Gasteiger partial charge in [0, 0.05) is 6.42 Å². The van der Waals surface area contributed by atoms with Crippen LogP contribution in [0.15, 0.2) is 85.1 Å². The molecule has 1 amide bonds. The second kappa shape index (κ2) is 55.3. The van der Waals surface area contributed by atoms with Gasteiger partial charge in [-0.15, -0.1) is 0 Å². The van der Waals surface area contributed by atoms with E-state index in [1.54, 1.807) is 0 Å². The van der Waals surface area contributed by atoms with Crippen LogP contribution in [0.3, 0.4) is 0 Å². The van der Waals surface area contributed by atoms with Crippen LogP contribution in [0.25, 0.3) is 0 Å². The predicted molar refractivity (Wildman–Crippen MR) is 346 cm³/mol. The number of nitrogens with one attached hydrogen (secondary N) is 1. The summed E-state index contributed by atoms with van der Waals surface area (Å²) < 4.78 is 22.8. The van der Waals surface area contributed by atoms with Gasteiger partial charge in [-0.3, -0.25) is 4.79 Å². The average molecular weight is 1200 g/mol. The van der Waals surface area contributed by atoms with Crippen molar-refractivity contribution in [3.05, 3.63) is 85.1 Å². The Bertz CT molecular complexity index is 1750. The Kier molecular flexibility index (Phi) is 50.9. The van der Waals surface area contributed by atoms with E-state index >= 15 is 0 Å². The van der Waals surface area contributed by atoms with E-state index in [4.69, 9.17) is 18.9 Å². The summed E-state index contributed by atoms with van der Waals surface area (Å²) in [6.45, 7) is 2.73. The van der Waals surface area contributed by atoms with Gasteiger partial charge >= 0.3 is 0 Å². The lowest BCUT2D eigenvalue weighted by Gasteiger charge is -2.46. The van der Waals surface area contributed by atoms with E-state index in [0.29, 0.717) is 12.8 Å². The number of carbonyl (C=O) groups is 1. The van der Waals surface area contributed by atoms with Crippen LogP contribution in [0, 0.1) is 0 Å². The van der Waals surface area contributed by atoms with Crippen molar-refractivity contribution in [1.82, 2.24) is 5.32 Å². The van der Waals surface area contributed by atoms with Gasteiger partial charge in [0.25, 0.3) is 0 Å². The van der Waals surface area contributed by atoms with Gasteiger partial charge in [0.05, 0.1) is 32.0 Å². The molecule has 12 atom stereocenters. The number of aliphatic hydroxyl groups is 8. The molecule has 12 unspecified atom stereocenters. The van der Waals surface area contributed by atoms with Crippen LogP contribution in [-0.2, 0) is 23.7 Å². The summed E-state index contributed by atoms with van der Waals surface area (Å²) in [5, 5.41) is 87.2. The highest BCUT2D eigenvalue weighted by Crippen LogP contribution is 2.30. The van der Waals surface area contributed by atoms with Gasteiger partial charge in [-0.05, 0) is 70.6 Å². The van der Waals surface area contributed by atoms with Crippen LogP contribution in [0.4, 0.5) is 0 Å². The minimum absolute atomic E-state index is 0.208. The first-order valence-electron chi connectivity index (χ1n) is 34.3. The Morgan fingerprint density at radius 3 is 1.25 bits per heavy atom. The molecule has 14 heteroatoms. The normalized spacial score (nSPS) is 24.1. The van der Waals surface area contributed by atoms with Crippen LogP contribution in [0.1, 0.15) is 264 Å². The van der Waals surface area contributed by atoms with Gasteiger partial charge < -0.3 is 65.1 Å². The Morgan fingerprint density at radius 1 is 0.435 bits per heavy atom. The quantitative estimate of drug-likeness (QED) is 0.0204. The van der Waals surface area contributed by atoms with E-state index < -0.39 is 86.8 Å². The topological polar surface area (TPSA) is 228 Å². The number of unbranched alkanes of at least 4 members (excludes halogenated alkanes) is 28. The molecule has 9 N–H and O–H groups in total. The van der Waals surface area contributed by atoms with E-state index in [9.17, 15) is 45.6 Å². The summed E-state index contributed by atoms with van der Waals surface area (Å²) in [5.41, 5.74) is 0. The summed E-state index contributed by atoms with van der Waals surface area (Å²) >= 11 is 0. The van der Waals surface area contributed by atoms with Crippen LogP contribution >= 0.6 is 0 Å². The molecule has 0 spiro atoms. The number of rotatable bonds is 55. The molecule has 0 aromatic heterocycles. The van der Waals surface area contributed by atoms with E-state index in [2.05, 4.69) is 104 Å². The molecule has 2 saturated heterocycles. The van der Waals surface area contributed by atoms with Gasteiger partial charge in [0.2, 0.25) is 5.91 Å². The van der Waals surface area contributed by atoms with Crippen molar-refractivity contribution in [2.45, 2.75) is 338 Å². The SMILES string of the molecule is CC/C=C\C/C=C\C/C=C\C/C=C\C/C=C\C/C=C\C/C=C\CCCCCCCCCCCCCCCCCCCCCC(=O)NC(COC1OC(CO)C(OC2OC(CO)C(O)C(O)C2O)C(O)C1O)C(O)CCCCCCCCCCCC. The number of amides is 1. The molecule has 2 rings (SSSR count). The smallest absolute Gasteiger partial charge is 0.220 e. The first-order chi connectivity index (χ1) is 41.6. The fraction of sp³-hybridized carbons (Fsp3) is 0.789. The molecule has 0 aromatic rings. The zero-order valence-corrected chi connectivity index (χ0v) is 53.3. The highest BCUT2D eigenvalue weighted by Gasteiger charge is 2.51. The van der Waals surface area contributed by atoms with Gasteiger partial charge in [-0.2, -0.15) is 0 Å². The van der Waals surface area contributed by atoms with Crippen molar-refractivity contribution < 1.29 is 64.6 Å². The monoisotopic (exact) mass is 1200 g/mol. The zero-order valence-electron chi connectivity index (χ0n) is 53.3. The van der Waals surface area contributed by atoms with Gasteiger partial charge in [0.15, 0.2) is 12.6 Å². The van der Waals surface area contributed by atoms with Crippen LogP contribution < -0.4 is 5.32 Å². The van der Waals surface area contributed by atoms with E-state index in [-0.39, 0.29) is 12.5 Å². The maximum Gasteiger partial charge on any atom is 0.220 e. The molecule has 0 aromatic carbocycles. The fourth-order valence-electron chi connectivity index (χ4n) is 10.9. The summed E-state index contributed by atoms with van der Waals surface area (Å²) in [6, 6.07) is -0.829. The summed E-state index contributed by atoms with van der Waals surface area (Å²) in [7, 11) is 0. The van der Waals surface area contributed by atoms with Gasteiger partial charge in [0.1, 0.15) is 48.8 Å². The average Bonchev–Trinajstić information content (AvgIpc) is 2.93. The molecule has 0 radical (unpaired) electrons. The maximum absolute atomic E-state index is 13.3. The molecule has 492 valence electrons. The summed E-state index contributed by atoms with van der Waals surface area (Å²) in [6.07, 6.45) is 59.2. The lowest BCUT2D eigenvalue weighted by atomic mass is 9.97. The first-order valence-corrected chi connectivity index (χ1v) is 34.3. The molecule has 2 fully saturated rings. The number of ether oxygens (including phenoxy) is 4. The van der Waals surface area contributed by atoms with Crippen molar-refractivity contribution >= 4 is 5.91 Å². The third-order valence-electron chi connectivity index (χ3n) is 16.4. The molecule has 0 bridgehead atoms. The Morgan fingerprint density at radius 2 is 0.812 bits per heavy atom. The third kappa shape index (κ3) is 39.7. The Labute approximate surface area is 516 Å². The van der Waals surface area contributed by atoms with E-state index in [1.165, 1.54) is 141 Å². The largest absolute Gasteiger partial charge is 0.394 e. The highest BCUT2D eigenvalue weighted by molar-refractivity contribution is 5.76. The predicted octanol–water partition coefficient (Wildman–Crippen LogP) is 13.6. The molecule has 85 heavy (non-hydrogen) atoms. The lowest BCUT2D eigenvalue weighted by molar-refractivity contribution is -0.359. The molecule has 2 heterocycles. The highest BCUT2D eigenvalue weighted by atomic mass is 16.7. The molecular weight excluding hydrogens is 1070 g/mol. The van der Waals surface area contributed by atoms with Crippen LogP contribution in [0.2, 0.25) is 0 Å². The van der Waals surface area contributed by atoms with Crippen LogP contribution in [0.5, 0.6) is 0 Å². The van der Waals surface area contributed by atoms with Crippen molar-refractivity contribution in [3.8, 4) is 0 Å². The molecule has 14 nitrogen and oxygen atoms in total. The molecule has 2 aliphatic rings. The number of hydrogen-bond acceptors (Lipinski definition) is 13. The second-order valence-electron chi connectivity index (χ2n) is 23.9. The Hall–Kier alpha value is -2.83. The second-order valence-corrected chi connectivity index (χ2v) is 23.9. The zero-order chi connectivity index (χ0) is 61.6. The number of aliphatic hydroxyl groups excluding tert-OH is 8. The van der Waals surface area contributed by atoms with E-state index in [1.807, 2.05) is 0 Å². The molecule has 2 aliphatic heterocycles. The lowest BCUT2D eigenvalue weighted by Crippen LogP contribution is -2.65. The van der Waals surface area contributed by atoms with Gasteiger partial charge in [-0.25, -0.2) is 0 Å².